The first-order chi connectivity index (χ1) is 8.24. The summed E-state index contributed by atoms with van der Waals surface area (Å²) in [5.74, 6) is 5.05. The van der Waals surface area contributed by atoms with E-state index in [2.05, 4.69) is 17.2 Å². The zero-order chi connectivity index (χ0) is 12.1. The number of hydrogen-bond donors (Lipinski definition) is 2. The lowest BCUT2D eigenvalue weighted by molar-refractivity contribution is 0.0121. The number of nitrogens with one attached hydrogen (secondary N) is 1. The monoisotopic (exact) mass is 226 g/mol. The van der Waals surface area contributed by atoms with E-state index in [4.69, 9.17) is 10.5 Å². The molecule has 17 heavy (non-hydrogen) atoms. The van der Waals surface area contributed by atoms with E-state index in [0.29, 0.717) is 5.57 Å². The lowest BCUT2D eigenvalue weighted by Gasteiger charge is -2.29. The van der Waals surface area contributed by atoms with Gasteiger partial charge in [-0.1, -0.05) is 30.0 Å². The fraction of sp³-hybridized carbons (Fsp3) is 0.143. The molecular formula is C14H14N2O. The Hall–Kier alpha value is -2.02. The molecule has 3 heteroatoms. The van der Waals surface area contributed by atoms with E-state index in [1.54, 1.807) is 13.3 Å². The third-order valence-corrected chi connectivity index (χ3v) is 2.49. The Balaban J connectivity index is 2.27. The van der Waals surface area contributed by atoms with Gasteiger partial charge >= 0.3 is 0 Å². The molecule has 86 valence electrons. The van der Waals surface area contributed by atoms with Crippen molar-refractivity contribution in [1.82, 2.24) is 5.32 Å². The molecule has 0 aliphatic carbocycles. The van der Waals surface area contributed by atoms with Crippen LogP contribution in [0.4, 0.5) is 0 Å². The van der Waals surface area contributed by atoms with Crippen LogP contribution >= 0.6 is 0 Å². The van der Waals surface area contributed by atoms with Crippen LogP contribution < -0.4 is 11.1 Å². The van der Waals surface area contributed by atoms with Gasteiger partial charge in [-0.15, -0.1) is 0 Å². The summed E-state index contributed by atoms with van der Waals surface area (Å²) in [7, 11) is 1.55. The summed E-state index contributed by atoms with van der Waals surface area (Å²) in [5.41, 5.74) is 7.66. The van der Waals surface area contributed by atoms with Crippen LogP contribution in [0.1, 0.15) is 5.56 Å². The first-order valence-corrected chi connectivity index (χ1v) is 5.31. The van der Waals surface area contributed by atoms with Crippen LogP contribution in [0.5, 0.6) is 0 Å². The Bertz CT molecular complexity index is 508. The van der Waals surface area contributed by atoms with E-state index in [0.717, 1.165) is 5.56 Å². The summed E-state index contributed by atoms with van der Waals surface area (Å²) in [6, 6.07) is 9.75. The van der Waals surface area contributed by atoms with Crippen molar-refractivity contribution < 1.29 is 4.74 Å². The van der Waals surface area contributed by atoms with Crippen LogP contribution in [0.2, 0.25) is 0 Å². The molecule has 2 rings (SSSR count). The predicted molar refractivity (Wildman–Crippen MR) is 67.6 cm³/mol. The van der Waals surface area contributed by atoms with E-state index in [1.807, 2.05) is 42.5 Å². The Kier molecular flexibility index (Phi) is 3.29. The molecule has 0 fully saturated rings. The Morgan fingerprint density at radius 1 is 1.24 bits per heavy atom. The fourth-order valence-corrected chi connectivity index (χ4v) is 1.48. The number of benzene rings is 1. The molecule has 0 amide bonds. The second-order valence-electron chi connectivity index (χ2n) is 3.64. The predicted octanol–water partition coefficient (Wildman–Crippen LogP) is 1.34. The van der Waals surface area contributed by atoms with Gasteiger partial charge in [-0.2, -0.15) is 0 Å². The van der Waals surface area contributed by atoms with Gasteiger partial charge in [-0.3, -0.25) is 5.73 Å². The average Bonchev–Trinajstić information content (AvgIpc) is 2.39. The SMILES string of the molecule is COC1(N)NC=CC=C1C#Cc1ccccc1. The second kappa shape index (κ2) is 4.88. The second-order valence-corrected chi connectivity index (χ2v) is 3.64. The summed E-state index contributed by atoms with van der Waals surface area (Å²) in [5, 5.41) is 2.94. The Morgan fingerprint density at radius 3 is 2.71 bits per heavy atom. The first kappa shape index (κ1) is 11.5. The minimum atomic E-state index is -1.03. The van der Waals surface area contributed by atoms with Gasteiger partial charge in [0.15, 0.2) is 0 Å². The summed E-state index contributed by atoms with van der Waals surface area (Å²) >= 11 is 0. The molecule has 1 atom stereocenters. The molecule has 0 bridgehead atoms. The highest BCUT2D eigenvalue weighted by molar-refractivity contribution is 5.46. The van der Waals surface area contributed by atoms with Gasteiger partial charge in [-0.25, -0.2) is 0 Å². The molecule has 0 aromatic heterocycles. The van der Waals surface area contributed by atoms with E-state index < -0.39 is 5.85 Å². The maximum absolute atomic E-state index is 6.01. The number of dihydropyridines is 1. The van der Waals surface area contributed by atoms with Crippen LogP contribution in [-0.4, -0.2) is 13.0 Å². The summed E-state index contributed by atoms with van der Waals surface area (Å²) in [6.45, 7) is 0. The zero-order valence-corrected chi connectivity index (χ0v) is 9.60. The van der Waals surface area contributed by atoms with Crippen molar-refractivity contribution in [3.63, 3.8) is 0 Å². The molecule has 0 saturated heterocycles. The van der Waals surface area contributed by atoms with Crippen molar-refractivity contribution in [2.24, 2.45) is 5.73 Å². The molecule has 1 heterocycles. The standard InChI is InChI=1S/C14H14N2O/c1-17-14(15)13(8-5-11-16-14)10-9-12-6-3-2-4-7-12/h2-8,11,16H,15H2,1H3. The number of rotatable bonds is 1. The quantitative estimate of drug-likeness (QED) is 0.561. The van der Waals surface area contributed by atoms with Gasteiger partial charge in [0.25, 0.3) is 0 Å². The lowest BCUT2D eigenvalue weighted by Crippen LogP contribution is -2.55. The van der Waals surface area contributed by atoms with Gasteiger partial charge in [-0.05, 0) is 24.3 Å². The van der Waals surface area contributed by atoms with Gasteiger partial charge < -0.3 is 10.1 Å². The largest absolute Gasteiger partial charge is 0.347 e. The van der Waals surface area contributed by atoms with Gasteiger partial charge in [0.1, 0.15) is 0 Å². The highest BCUT2D eigenvalue weighted by Crippen LogP contribution is 2.14. The highest BCUT2D eigenvalue weighted by atomic mass is 16.5. The molecule has 0 saturated carbocycles. The molecule has 1 aliphatic heterocycles. The lowest BCUT2D eigenvalue weighted by atomic mass is 10.1. The summed E-state index contributed by atoms with van der Waals surface area (Å²) in [4.78, 5) is 0. The summed E-state index contributed by atoms with van der Waals surface area (Å²) < 4.78 is 5.22. The van der Waals surface area contributed by atoms with Crippen molar-refractivity contribution >= 4 is 0 Å². The van der Waals surface area contributed by atoms with E-state index >= 15 is 0 Å². The number of ether oxygens (including phenoxy) is 1. The van der Waals surface area contributed by atoms with Crippen LogP contribution in [-0.2, 0) is 4.74 Å². The minimum Gasteiger partial charge on any atom is -0.347 e. The van der Waals surface area contributed by atoms with Crippen molar-refractivity contribution in [1.29, 1.82) is 0 Å². The average molecular weight is 226 g/mol. The molecule has 0 radical (unpaired) electrons. The maximum Gasteiger partial charge on any atom is 0.228 e. The topological polar surface area (TPSA) is 47.3 Å². The molecular weight excluding hydrogens is 212 g/mol. The molecule has 1 aliphatic rings. The minimum absolute atomic E-state index is 0.700. The third-order valence-electron chi connectivity index (χ3n) is 2.49. The smallest absolute Gasteiger partial charge is 0.228 e. The van der Waals surface area contributed by atoms with Gasteiger partial charge in [0, 0.05) is 18.9 Å². The van der Waals surface area contributed by atoms with Gasteiger partial charge in [0.05, 0.1) is 5.57 Å². The van der Waals surface area contributed by atoms with Crippen LogP contribution in [0.25, 0.3) is 0 Å². The third kappa shape index (κ3) is 2.56. The Labute approximate surface area is 101 Å². The Morgan fingerprint density at radius 2 is 2.00 bits per heavy atom. The molecule has 1 unspecified atom stereocenters. The van der Waals surface area contributed by atoms with E-state index in [9.17, 15) is 0 Å². The molecule has 1 aromatic rings. The highest BCUT2D eigenvalue weighted by Gasteiger charge is 2.28. The maximum atomic E-state index is 6.01. The zero-order valence-electron chi connectivity index (χ0n) is 9.60. The van der Waals surface area contributed by atoms with Crippen molar-refractivity contribution in [2.45, 2.75) is 5.85 Å². The summed E-state index contributed by atoms with van der Waals surface area (Å²) in [6.07, 6.45) is 5.42. The van der Waals surface area contributed by atoms with Gasteiger partial charge in [0.2, 0.25) is 5.85 Å². The van der Waals surface area contributed by atoms with Crippen LogP contribution in [0.3, 0.4) is 0 Å². The van der Waals surface area contributed by atoms with Crippen LogP contribution in [0.15, 0.2) is 54.3 Å². The first-order valence-electron chi connectivity index (χ1n) is 5.31. The van der Waals surface area contributed by atoms with Crippen molar-refractivity contribution in [3.05, 3.63) is 59.8 Å². The number of methoxy groups -OCH3 is 1. The number of hydrogen-bond acceptors (Lipinski definition) is 3. The molecule has 0 spiro atoms. The fourth-order valence-electron chi connectivity index (χ4n) is 1.48. The van der Waals surface area contributed by atoms with E-state index in [1.165, 1.54) is 0 Å². The molecule has 3 N–H and O–H groups in total. The molecule has 3 nitrogen and oxygen atoms in total. The normalized spacial score (nSPS) is 22.1. The molecule has 1 aromatic carbocycles. The van der Waals surface area contributed by atoms with E-state index in [-0.39, 0.29) is 0 Å². The van der Waals surface area contributed by atoms with Crippen molar-refractivity contribution in [2.75, 3.05) is 7.11 Å². The number of allylic oxidation sites excluding steroid dienone is 2. The number of nitrogens with two attached hydrogens (primary N) is 1. The van der Waals surface area contributed by atoms with Crippen molar-refractivity contribution in [3.8, 4) is 11.8 Å². The van der Waals surface area contributed by atoms with Crippen LogP contribution in [0, 0.1) is 11.8 Å².